The molecule has 100 valence electrons. The normalized spacial score (nSPS) is 10.5. The Morgan fingerprint density at radius 1 is 1.10 bits per heavy atom. The summed E-state index contributed by atoms with van der Waals surface area (Å²) >= 11 is 1.61. The van der Waals surface area contributed by atoms with Crippen molar-refractivity contribution in [1.82, 2.24) is 9.97 Å². The van der Waals surface area contributed by atoms with E-state index in [4.69, 9.17) is 4.74 Å². The molecule has 0 saturated carbocycles. The molecule has 20 heavy (non-hydrogen) atoms. The lowest BCUT2D eigenvalue weighted by Crippen LogP contribution is -1.93. The van der Waals surface area contributed by atoms with Gasteiger partial charge in [-0.2, -0.15) is 0 Å². The number of aromatic nitrogens is 2. The maximum absolute atomic E-state index is 5.52. The lowest BCUT2D eigenvalue weighted by Gasteiger charge is -2.13. The minimum atomic E-state index is 0.834. The van der Waals surface area contributed by atoms with Crippen LogP contribution in [0, 0.1) is 6.92 Å². The molecule has 0 aliphatic heterocycles. The SMILES string of the molecule is COc1cccc(-c2cnccc2C)c1-c1nccs1. The second kappa shape index (κ2) is 5.43. The summed E-state index contributed by atoms with van der Waals surface area (Å²) < 4.78 is 5.52. The lowest BCUT2D eigenvalue weighted by atomic mass is 9.97. The summed E-state index contributed by atoms with van der Waals surface area (Å²) in [5.74, 6) is 0.834. The Morgan fingerprint density at radius 2 is 2.00 bits per heavy atom. The van der Waals surface area contributed by atoms with Crippen LogP contribution >= 0.6 is 11.3 Å². The van der Waals surface area contributed by atoms with E-state index < -0.39 is 0 Å². The minimum Gasteiger partial charge on any atom is -0.496 e. The van der Waals surface area contributed by atoms with Crippen LogP contribution in [0.3, 0.4) is 0 Å². The highest BCUT2D eigenvalue weighted by atomic mass is 32.1. The van der Waals surface area contributed by atoms with E-state index in [1.54, 1.807) is 18.4 Å². The predicted molar refractivity (Wildman–Crippen MR) is 82.1 cm³/mol. The van der Waals surface area contributed by atoms with Gasteiger partial charge in [0.05, 0.1) is 12.7 Å². The molecular formula is C16H14N2OS. The molecule has 4 heteroatoms. The van der Waals surface area contributed by atoms with Crippen LogP contribution in [0.2, 0.25) is 0 Å². The third-order valence-corrected chi connectivity index (χ3v) is 4.01. The highest BCUT2D eigenvalue weighted by Crippen LogP contribution is 2.40. The van der Waals surface area contributed by atoms with Crippen molar-refractivity contribution in [3.8, 4) is 27.4 Å². The molecule has 0 N–H and O–H groups in total. The smallest absolute Gasteiger partial charge is 0.129 e. The molecule has 0 aliphatic rings. The van der Waals surface area contributed by atoms with Crippen molar-refractivity contribution < 1.29 is 4.74 Å². The number of rotatable bonds is 3. The molecule has 0 aliphatic carbocycles. The van der Waals surface area contributed by atoms with Crippen LogP contribution in [-0.4, -0.2) is 17.1 Å². The van der Waals surface area contributed by atoms with Crippen LogP contribution in [0.25, 0.3) is 21.7 Å². The van der Waals surface area contributed by atoms with Gasteiger partial charge in [-0.25, -0.2) is 4.98 Å². The van der Waals surface area contributed by atoms with Crippen molar-refractivity contribution >= 4 is 11.3 Å². The summed E-state index contributed by atoms with van der Waals surface area (Å²) in [6.07, 6.45) is 5.51. The zero-order chi connectivity index (χ0) is 13.9. The molecule has 3 aromatic rings. The third kappa shape index (κ3) is 2.18. The largest absolute Gasteiger partial charge is 0.496 e. The summed E-state index contributed by atoms with van der Waals surface area (Å²) in [5, 5.41) is 2.93. The third-order valence-electron chi connectivity index (χ3n) is 3.22. The fourth-order valence-electron chi connectivity index (χ4n) is 2.24. The molecule has 3 rings (SSSR count). The van der Waals surface area contributed by atoms with E-state index in [1.807, 2.05) is 42.2 Å². The molecule has 0 atom stereocenters. The Bertz CT molecular complexity index is 723. The Morgan fingerprint density at radius 3 is 2.70 bits per heavy atom. The van der Waals surface area contributed by atoms with Gasteiger partial charge in [0, 0.05) is 29.5 Å². The van der Waals surface area contributed by atoms with Gasteiger partial charge >= 0.3 is 0 Å². The van der Waals surface area contributed by atoms with Crippen LogP contribution in [0.4, 0.5) is 0 Å². The Balaban J connectivity index is 2.29. The molecule has 0 saturated heterocycles. The lowest BCUT2D eigenvalue weighted by molar-refractivity contribution is 0.416. The van der Waals surface area contributed by atoms with Gasteiger partial charge in [-0.1, -0.05) is 12.1 Å². The number of aryl methyl sites for hydroxylation is 1. The Hall–Kier alpha value is -2.20. The molecule has 0 unspecified atom stereocenters. The van der Waals surface area contributed by atoms with Gasteiger partial charge < -0.3 is 4.74 Å². The van der Waals surface area contributed by atoms with Gasteiger partial charge in [-0.05, 0) is 30.2 Å². The molecule has 0 spiro atoms. The van der Waals surface area contributed by atoms with Crippen LogP contribution in [-0.2, 0) is 0 Å². The van der Waals surface area contributed by atoms with E-state index in [-0.39, 0.29) is 0 Å². The molecule has 0 bridgehead atoms. The zero-order valence-electron chi connectivity index (χ0n) is 11.3. The van der Waals surface area contributed by atoms with Gasteiger partial charge in [-0.3, -0.25) is 4.98 Å². The van der Waals surface area contributed by atoms with Crippen molar-refractivity contribution in [3.63, 3.8) is 0 Å². The van der Waals surface area contributed by atoms with Gasteiger partial charge in [0.15, 0.2) is 0 Å². The van der Waals surface area contributed by atoms with E-state index in [0.717, 1.165) is 27.4 Å². The standard InChI is InChI=1S/C16H14N2OS/c1-11-6-7-17-10-13(11)12-4-3-5-14(19-2)15(12)16-18-8-9-20-16/h3-10H,1-2H3. The number of thiazole rings is 1. The van der Waals surface area contributed by atoms with E-state index in [9.17, 15) is 0 Å². The molecule has 1 aromatic carbocycles. The van der Waals surface area contributed by atoms with E-state index in [1.165, 1.54) is 5.56 Å². The van der Waals surface area contributed by atoms with Gasteiger partial charge in [0.2, 0.25) is 0 Å². The second-order valence-corrected chi connectivity index (χ2v) is 5.31. The first-order valence-electron chi connectivity index (χ1n) is 6.29. The minimum absolute atomic E-state index is 0.834. The summed E-state index contributed by atoms with van der Waals surface area (Å²) in [4.78, 5) is 8.67. The molecule has 0 radical (unpaired) electrons. The van der Waals surface area contributed by atoms with Crippen molar-refractivity contribution in [3.05, 3.63) is 53.8 Å². The Kier molecular flexibility index (Phi) is 3.48. The van der Waals surface area contributed by atoms with Crippen LogP contribution in [0.1, 0.15) is 5.56 Å². The predicted octanol–water partition coefficient (Wildman–Crippen LogP) is 4.19. The van der Waals surface area contributed by atoms with Gasteiger partial charge in [0.25, 0.3) is 0 Å². The number of methoxy groups -OCH3 is 1. The average Bonchev–Trinajstić information content (AvgIpc) is 3.01. The van der Waals surface area contributed by atoms with Gasteiger partial charge in [0.1, 0.15) is 10.8 Å². The Labute approximate surface area is 121 Å². The van der Waals surface area contributed by atoms with Crippen molar-refractivity contribution in [2.24, 2.45) is 0 Å². The summed E-state index contributed by atoms with van der Waals surface area (Å²) in [6.45, 7) is 2.09. The number of benzene rings is 1. The number of pyridine rings is 1. The monoisotopic (exact) mass is 282 g/mol. The molecule has 0 amide bonds. The molecule has 2 aromatic heterocycles. The molecule has 3 nitrogen and oxygen atoms in total. The van der Waals surface area contributed by atoms with Crippen molar-refractivity contribution in [2.45, 2.75) is 6.92 Å². The van der Waals surface area contributed by atoms with Gasteiger partial charge in [-0.15, -0.1) is 11.3 Å². The van der Waals surface area contributed by atoms with E-state index in [0.29, 0.717) is 0 Å². The van der Waals surface area contributed by atoms with Crippen LogP contribution < -0.4 is 4.74 Å². The molecule has 2 heterocycles. The topological polar surface area (TPSA) is 35.0 Å². The highest BCUT2D eigenvalue weighted by molar-refractivity contribution is 7.13. The van der Waals surface area contributed by atoms with Crippen molar-refractivity contribution in [1.29, 1.82) is 0 Å². The molecule has 0 fully saturated rings. The zero-order valence-corrected chi connectivity index (χ0v) is 12.1. The maximum Gasteiger partial charge on any atom is 0.129 e. The number of ether oxygens (including phenoxy) is 1. The van der Waals surface area contributed by atoms with Crippen molar-refractivity contribution in [2.75, 3.05) is 7.11 Å². The maximum atomic E-state index is 5.52. The first-order chi connectivity index (χ1) is 9.81. The summed E-state index contributed by atoms with van der Waals surface area (Å²) in [7, 11) is 1.69. The highest BCUT2D eigenvalue weighted by Gasteiger charge is 2.16. The van der Waals surface area contributed by atoms with E-state index in [2.05, 4.69) is 23.0 Å². The summed E-state index contributed by atoms with van der Waals surface area (Å²) in [6, 6.07) is 8.06. The van der Waals surface area contributed by atoms with Crippen LogP contribution in [0.5, 0.6) is 5.75 Å². The first kappa shape index (κ1) is 12.8. The number of nitrogens with zero attached hydrogens (tertiary/aromatic N) is 2. The average molecular weight is 282 g/mol. The summed E-state index contributed by atoms with van der Waals surface area (Å²) in [5.41, 5.74) is 4.42. The quantitative estimate of drug-likeness (QED) is 0.722. The number of hydrogen-bond acceptors (Lipinski definition) is 4. The fraction of sp³-hybridized carbons (Fsp3) is 0.125. The van der Waals surface area contributed by atoms with E-state index >= 15 is 0 Å². The second-order valence-electron chi connectivity index (χ2n) is 4.41. The molecular weight excluding hydrogens is 268 g/mol. The fourth-order valence-corrected chi connectivity index (χ4v) is 2.94. The number of hydrogen-bond donors (Lipinski definition) is 0. The first-order valence-corrected chi connectivity index (χ1v) is 7.17. The van der Waals surface area contributed by atoms with Crippen LogP contribution in [0.15, 0.2) is 48.2 Å².